The van der Waals surface area contributed by atoms with E-state index in [-0.39, 0.29) is 0 Å². The van der Waals surface area contributed by atoms with Crippen molar-refractivity contribution in [2.75, 3.05) is 0 Å². The van der Waals surface area contributed by atoms with Crippen LogP contribution in [0.25, 0.3) is 0 Å². The third-order valence-electron chi connectivity index (χ3n) is 3.33. The summed E-state index contributed by atoms with van der Waals surface area (Å²) in [7, 11) is 0. The molecule has 4 heteroatoms. The molecule has 0 atom stereocenters. The van der Waals surface area contributed by atoms with E-state index in [1.54, 1.807) is 12.4 Å². The molecule has 3 nitrogen and oxygen atoms in total. The molecule has 0 amide bonds. The Labute approximate surface area is 127 Å². The molecule has 104 valence electrons. The van der Waals surface area contributed by atoms with E-state index in [1.165, 1.54) is 18.4 Å². The molecule has 3 rings (SSSR count). The Hall–Kier alpha value is -1.39. The Kier molecular flexibility index (Phi) is 4.33. The van der Waals surface area contributed by atoms with Crippen molar-refractivity contribution in [1.29, 1.82) is 0 Å². The van der Waals surface area contributed by atoms with Gasteiger partial charge < -0.3 is 10.1 Å². The molecule has 2 aromatic rings. The van der Waals surface area contributed by atoms with Gasteiger partial charge in [0.05, 0.1) is 0 Å². The topological polar surface area (TPSA) is 34.1 Å². The summed E-state index contributed by atoms with van der Waals surface area (Å²) in [5.74, 6) is 0.901. The van der Waals surface area contributed by atoms with Gasteiger partial charge in [0.15, 0.2) is 0 Å². The molecule has 0 spiro atoms. The first kappa shape index (κ1) is 13.6. The van der Waals surface area contributed by atoms with Crippen LogP contribution in [0.3, 0.4) is 0 Å². The molecule has 1 aromatic heterocycles. The lowest BCUT2D eigenvalue weighted by Crippen LogP contribution is -2.15. The fourth-order valence-electron chi connectivity index (χ4n) is 1.96. The molecule has 1 heterocycles. The third-order valence-corrected chi connectivity index (χ3v) is 4.10. The van der Waals surface area contributed by atoms with Crippen LogP contribution in [0.2, 0.25) is 0 Å². The van der Waals surface area contributed by atoms with Gasteiger partial charge in [-0.1, -0.05) is 15.9 Å². The minimum absolute atomic E-state index is 0.569. The number of nitrogens with one attached hydrogen (secondary N) is 1. The van der Waals surface area contributed by atoms with E-state index >= 15 is 0 Å². The summed E-state index contributed by atoms with van der Waals surface area (Å²) in [5.41, 5.74) is 2.37. The molecule has 1 saturated carbocycles. The Morgan fingerprint density at radius 1 is 1.20 bits per heavy atom. The van der Waals surface area contributed by atoms with Gasteiger partial charge in [-0.15, -0.1) is 0 Å². The summed E-state index contributed by atoms with van der Waals surface area (Å²) in [5, 5.41) is 3.52. The lowest BCUT2D eigenvalue weighted by atomic mass is 10.2. The van der Waals surface area contributed by atoms with E-state index in [1.807, 2.05) is 24.3 Å². The van der Waals surface area contributed by atoms with Crippen LogP contribution < -0.4 is 10.1 Å². The van der Waals surface area contributed by atoms with Gasteiger partial charge >= 0.3 is 0 Å². The van der Waals surface area contributed by atoms with Crippen molar-refractivity contribution in [3.8, 4) is 5.75 Å². The van der Waals surface area contributed by atoms with E-state index in [2.05, 4.69) is 32.3 Å². The Balaban J connectivity index is 1.62. The Bertz CT molecular complexity index is 570. The minimum Gasteiger partial charge on any atom is -0.489 e. The molecule has 0 aliphatic heterocycles. The van der Waals surface area contributed by atoms with Gasteiger partial charge in [0, 0.05) is 29.5 Å². The number of nitrogens with zero attached hydrogens (tertiary/aromatic N) is 1. The molecule has 20 heavy (non-hydrogen) atoms. The number of aromatic nitrogens is 1. The molecule has 0 radical (unpaired) electrons. The van der Waals surface area contributed by atoms with Gasteiger partial charge in [-0.25, -0.2) is 0 Å². The van der Waals surface area contributed by atoms with Crippen molar-refractivity contribution >= 4 is 15.9 Å². The summed E-state index contributed by atoms with van der Waals surface area (Å²) < 4.78 is 6.96. The number of hydrogen-bond donors (Lipinski definition) is 1. The lowest BCUT2D eigenvalue weighted by molar-refractivity contribution is 0.305. The van der Waals surface area contributed by atoms with Crippen molar-refractivity contribution in [3.63, 3.8) is 0 Å². The SMILES string of the molecule is Brc1ccc(OCc2ccncc2)cc1CNC1CC1. The average Bonchev–Trinajstić information content (AvgIpc) is 3.30. The number of rotatable bonds is 6. The van der Waals surface area contributed by atoms with Crippen LogP contribution in [0.15, 0.2) is 47.2 Å². The van der Waals surface area contributed by atoms with E-state index in [0.717, 1.165) is 22.3 Å². The number of ether oxygens (including phenoxy) is 1. The first-order valence-electron chi connectivity index (χ1n) is 6.85. The Morgan fingerprint density at radius 2 is 2.00 bits per heavy atom. The first-order chi connectivity index (χ1) is 9.81. The molecule has 1 aliphatic carbocycles. The summed E-state index contributed by atoms with van der Waals surface area (Å²) in [6.07, 6.45) is 6.17. The summed E-state index contributed by atoms with van der Waals surface area (Å²) in [4.78, 5) is 4.00. The minimum atomic E-state index is 0.569. The molecular weight excluding hydrogens is 316 g/mol. The van der Waals surface area contributed by atoms with Gasteiger partial charge in [-0.2, -0.15) is 0 Å². The molecule has 1 aromatic carbocycles. The molecule has 1 aliphatic rings. The van der Waals surface area contributed by atoms with Crippen LogP contribution in [-0.2, 0) is 13.2 Å². The monoisotopic (exact) mass is 332 g/mol. The van der Waals surface area contributed by atoms with Crippen molar-refractivity contribution in [2.24, 2.45) is 0 Å². The van der Waals surface area contributed by atoms with Crippen molar-refractivity contribution in [3.05, 3.63) is 58.3 Å². The zero-order valence-corrected chi connectivity index (χ0v) is 12.8. The Morgan fingerprint density at radius 3 is 2.75 bits per heavy atom. The fraction of sp³-hybridized carbons (Fsp3) is 0.312. The first-order valence-corrected chi connectivity index (χ1v) is 7.64. The van der Waals surface area contributed by atoms with Crippen molar-refractivity contribution in [2.45, 2.75) is 32.0 Å². The predicted molar refractivity (Wildman–Crippen MR) is 82.6 cm³/mol. The smallest absolute Gasteiger partial charge is 0.120 e. The van der Waals surface area contributed by atoms with Crippen molar-refractivity contribution < 1.29 is 4.74 Å². The highest BCUT2D eigenvalue weighted by Crippen LogP contribution is 2.25. The molecule has 1 fully saturated rings. The second kappa shape index (κ2) is 6.37. The van der Waals surface area contributed by atoms with Crippen LogP contribution in [0, 0.1) is 0 Å². The van der Waals surface area contributed by atoms with Gasteiger partial charge in [0.1, 0.15) is 12.4 Å². The van der Waals surface area contributed by atoms with E-state index < -0.39 is 0 Å². The largest absolute Gasteiger partial charge is 0.489 e. The second-order valence-corrected chi connectivity index (χ2v) is 5.91. The maximum absolute atomic E-state index is 5.83. The standard InChI is InChI=1S/C16H17BrN2O/c17-16-4-3-15(9-13(16)10-19-14-1-2-14)20-11-12-5-7-18-8-6-12/h3-9,14,19H,1-2,10-11H2. The lowest BCUT2D eigenvalue weighted by Gasteiger charge is -2.10. The summed E-state index contributed by atoms with van der Waals surface area (Å²) >= 11 is 3.59. The highest BCUT2D eigenvalue weighted by Gasteiger charge is 2.20. The highest BCUT2D eigenvalue weighted by molar-refractivity contribution is 9.10. The van der Waals surface area contributed by atoms with Crippen LogP contribution in [-0.4, -0.2) is 11.0 Å². The van der Waals surface area contributed by atoms with Gasteiger partial charge in [-0.3, -0.25) is 4.98 Å². The summed E-state index contributed by atoms with van der Waals surface area (Å²) in [6, 6.07) is 10.8. The van der Waals surface area contributed by atoms with Gasteiger partial charge in [-0.05, 0) is 54.3 Å². The normalized spacial score (nSPS) is 14.2. The second-order valence-electron chi connectivity index (χ2n) is 5.05. The van der Waals surface area contributed by atoms with Gasteiger partial charge in [0.2, 0.25) is 0 Å². The van der Waals surface area contributed by atoms with Crippen LogP contribution in [0.4, 0.5) is 0 Å². The average molecular weight is 333 g/mol. The highest BCUT2D eigenvalue weighted by atomic mass is 79.9. The van der Waals surface area contributed by atoms with Crippen LogP contribution >= 0.6 is 15.9 Å². The van der Waals surface area contributed by atoms with E-state index in [9.17, 15) is 0 Å². The molecular formula is C16H17BrN2O. The zero-order chi connectivity index (χ0) is 13.8. The predicted octanol–water partition coefficient (Wildman–Crippen LogP) is 3.68. The zero-order valence-electron chi connectivity index (χ0n) is 11.2. The maximum Gasteiger partial charge on any atom is 0.120 e. The summed E-state index contributed by atoms with van der Waals surface area (Å²) in [6.45, 7) is 1.46. The molecule has 1 N–H and O–H groups in total. The number of hydrogen-bond acceptors (Lipinski definition) is 3. The number of benzene rings is 1. The van der Waals surface area contributed by atoms with E-state index in [4.69, 9.17) is 4.74 Å². The van der Waals surface area contributed by atoms with Crippen LogP contribution in [0.5, 0.6) is 5.75 Å². The molecule has 0 saturated heterocycles. The molecule has 0 bridgehead atoms. The number of pyridine rings is 1. The van der Waals surface area contributed by atoms with Gasteiger partial charge in [0.25, 0.3) is 0 Å². The molecule has 0 unspecified atom stereocenters. The van der Waals surface area contributed by atoms with Crippen molar-refractivity contribution in [1.82, 2.24) is 10.3 Å². The van der Waals surface area contributed by atoms with Crippen LogP contribution in [0.1, 0.15) is 24.0 Å². The third kappa shape index (κ3) is 3.81. The van der Waals surface area contributed by atoms with E-state index in [0.29, 0.717) is 12.6 Å². The fourth-order valence-corrected chi connectivity index (χ4v) is 2.35. The quantitative estimate of drug-likeness (QED) is 0.876. The maximum atomic E-state index is 5.83. The number of halogens is 1.